The Morgan fingerprint density at radius 1 is 1.00 bits per heavy atom. The second kappa shape index (κ2) is 8.33. The molecule has 30 heavy (non-hydrogen) atoms. The summed E-state index contributed by atoms with van der Waals surface area (Å²) in [6.45, 7) is 6.37. The molecule has 5 nitrogen and oxygen atoms in total. The van der Waals surface area contributed by atoms with E-state index in [4.69, 9.17) is 4.74 Å². The molecule has 0 radical (unpaired) electrons. The summed E-state index contributed by atoms with van der Waals surface area (Å²) < 4.78 is 6.21. The molecule has 150 valence electrons. The van der Waals surface area contributed by atoms with Crippen LogP contribution in [0.25, 0.3) is 10.9 Å². The first-order valence-corrected chi connectivity index (χ1v) is 9.83. The highest BCUT2D eigenvalue weighted by atomic mass is 16.5. The molecule has 1 N–H and O–H groups in total. The molecule has 0 bridgehead atoms. The molecule has 0 aliphatic rings. The molecule has 0 unspecified atom stereocenters. The van der Waals surface area contributed by atoms with Gasteiger partial charge in [-0.1, -0.05) is 12.1 Å². The van der Waals surface area contributed by atoms with E-state index in [9.17, 15) is 4.79 Å². The van der Waals surface area contributed by atoms with Gasteiger partial charge in [0, 0.05) is 41.6 Å². The van der Waals surface area contributed by atoms with Gasteiger partial charge in [0.15, 0.2) is 0 Å². The van der Waals surface area contributed by atoms with E-state index in [2.05, 4.69) is 15.3 Å². The van der Waals surface area contributed by atoms with Gasteiger partial charge >= 0.3 is 0 Å². The molecule has 0 aliphatic heterocycles. The number of fused-ring (bicyclic) bond motifs is 1. The molecule has 4 aromatic rings. The zero-order valence-electron chi connectivity index (χ0n) is 17.3. The Balaban J connectivity index is 1.58. The fourth-order valence-corrected chi connectivity index (χ4v) is 3.38. The summed E-state index contributed by atoms with van der Waals surface area (Å²) >= 11 is 0. The first-order valence-electron chi connectivity index (χ1n) is 9.83. The van der Waals surface area contributed by atoms with Crippen LogP contribution in [0, 0.1) is 20.8 Å². The van der Waals surface area contributed by atoms with Crippen LogP contribution < -0.4 is 10.1 Å². The van der Waals surface area contributed by atoms with E-state index >= 15 is 0 Å². The summed E-state index contributed by atoms with van der Waals surface area (Å²) in [4.78, 5) is 21.3. The van der Waals surface area contributed by atoms with Gasteiger partial charge in [-0.05, 0) is 73.9 Å². The van der Waals surface area contributed by atoms with Gasteiger partial charge in [0.2, 0.25) is 0 Å². The van der Waals surface area contributed by atoms with Crippen LogP contribution in [0.15, 0.2) is 67.1 Å². The predicted molar refractivity (Wildman–Crippen MR) is 118 cm³/mol. The molecule has 0 saturated carbocycles. The zero-order chi connectivity index (χ0) is 21.1. The average molecular weight is 397 g/mol. The van der Waals surface area contributed by atoms with Crippen molar-refractivity contribution in [3.05, 3.63) is 94.9 Å². The second-order valence-electron chi connectivity index (χ2n) is 7.35. The fraction of sp³-hybridized carbons (Fsp3) is 0.160. The van der Waals surface area contributed by atoms with Crippen molar-refractivity contribution in [3.63, 3.8) is 0 Å². The van der Waals surface area contributed by atoms with Crippen LogP contribution in [0.5, 0.6) is 11.5 Å². The Morgan fingerprint density at radius 3 is 2.70 bits per heavy atom. The molecule has 2 heterocycles. The van der Waals surface area contributed by atoms with Gasteiger partial charge in [-0.3, -0.25) is 14.8 Å². The minimum absolute atomic E-state index is 0.135. The van der Waals surface area contributed by atoms with Crippen molar-refractivity contribution < 1.29 is 9.53 Å². The van der Waals surface area contributed by atoms with Crippen molar-refractivity contribution >= 4 is 16.8 Å². The van der Waals surface area contributed by atoms with Crippen LogP contribution in [-0.4, -0.2) is 15.9 Å². The summed E-state index contributed by atoms with van der Waals surface area (Å²) in [7, 11) is 0. The first-order chi connectivity index (χ1) is 14.5. The second-order valence-corrected chi connectivity index (χ2v) is 7.35. The summed E-state index contributed by atoms with van der Waals surface area (Å²) in [6.07, 6.45) is 5.26. The number of aryl methyl sites for hydroxylation is 2. The van der Waals surface area contributed by atoms with Crippen molar-refractivity contribution in [1.82, 2.24) is 15.3 Å². The highest BCUT2D eigenvalue weighted by Crippen LogP contribution is 2.32. The Morgan fingerprint density at radius 2 is 1.87 bits per heavy atom. The van der Waals surface area contributed by atoms with E-state index in [0.717, 1.165) is 33.2 Å². The SMILES string of the molecule is Cc1ccc2c(Oc3cccc(C(=O)NCc4ccncc4C)c3C)ccnc2c1. The minimum Gasteiger partial charge on any atom is -0.456 e. The van der Waals surface area contributed by atoms with Gasteiger partial charge in [-0.15, -0.1) is 0 Å². The van der Waals surface area contributed by atoms with Crippen LogP contribution in [0.4, 0.5) is 0 Å². The molecule has 1 amide bonds. The number of aromatic nitrogens is 2. The zero-order valence-corrected chi connectivity index (χ0v) is 17.3. The summed E-state index contributed by atoms with van der Waals surface area (Å²) in [5.41, 5.74) is 5.50. The quantitative estimate of drug-likeness (QED) is 0.498. The third kappa shape index (κ3) is 4.01. The highest BCUT2D eigenvalue weighted by molar-refractivity contribution is 5.96. The Kier molecular flexibility index (Phi) is 5.44. The maximum atomic E-state index is 12.8. The number of carbonyl (C=O) groups is 1. The lowest BCUT2D eigenvalue weighted by Crippen LogP contribution is -2.24. The van der Waals surface area contributed by atoms with Gasteiger partial charge in [0.1, 0.15) is 11.5 Å². The monoisotopic (exact) mass is 397 g/mol. The molecule has 2 aromatic heterocycles. The van der Waals surface area contributed by atoms with Crippen LogP contribution >= 0.6 is 0 Å². The van der Waals surface area contributed by atoms with Crippen LogP contribution in [-0.2, 0) is 6.54 Å². The maximum Gasteiger partial charge on any atom is 0.251 e. The number of carbonyl (C=O) groups excluding carboxylic acids is 1. The van der Waals surface area contributed by atoms with Crippen molar-refractivity contribution in [3.8, 4) is 11.5 Å². The van der Waals surface area contributed by atoms with E-state index < -0.39 is 0 Å². The number of amides is 1. The van der Waals surface area contributed by atoms with E-state index in [-0.39, 0.29) is 5.91 Å². The van der Waals surface area contributed by atoms with E-state index in [1.807, 2.05) is 69.3 Å². The van der Waals surface area contributed by atoms with Gasteiger partial charge in [-0.2, -0.15) is 0 Å². The maximum absolute atomic E-state index is 12.8. The molecule has 0 fully saturated rings. The lowest BCUT2D eigenvalue weighted by atomic mass is 10.1. The minimum atomic E-state index is -0.135. The Labute approximate surface area is 175 Å². The highest BCUT2D eigenvalue weighted by Gasteiger charge is 2.14. The normalized spacial score (nSPS) is 10.8. The number of hydrogen-bond donors (Lipinski definition) is 1. The number of ether oxygens (including phenoxy) is 1. The van der Waals surface area contributed by atoms with Gasteiger partial charge in [-0.25, -0.2) is 0 Å². The summed E-state index contributed by atoms with van der Waals surface area (Å²) in [5.74, 6) is 1.23. The van der Waals surface area contributed by atoms with Crippen molar-refractivity contribution in [2.24, 2.45) is 0 Å². The molecular formula is C25H23N3O2. The van der Waals surface area contributed by atoms with E-state index in [0.29, 0.717) is 23.6 Å². The number of rotatable bonds is 5. The van der Waals surface area contributed by atoms with Crippen LogP contribution in [0.2, 0.25) is 0 Å². The van der Waals surface area contributed by atoms with Crippen molar-refractivity contribution in [2.75, 3.05) is 0 Å². The average Bonchev–Trinajstić information content (AvgIpc) is 2.74. The molecule has 2 aromatic carbocycles. The van der Waals surface area contributed by atoms with Gasteiger partial charge in [0.05, 0.1) is 5.52 Å². The molecule has 4 rings (SSSR count). The lowest BCUT2D eigenvalue weighted by Gasteiger charge is -2.14. The number of nitrogens with zero attached hydrogens (tertiary/aromatic N) is 2. The van der Waals surface area contributed by atoms with Gasteiger partial charge < -0.3 is 10.1 Å². The summed E-state index contributed by atoms with van der Waals surface area (Å²) in [5, 5.41) is 3.93. The lowest BCUT2D eigenvalue weighted by molar-refractivity contribution is 0.0950. The summed E-state index contributed by atoms with van der Waals surface area (Å²) in [6, 6.07) is 15.4. The van der Waals surface area contributed by atoms with Crippen molar-refractivity contribution in [1.29, 1.82) is 0 Å². The van der Waals surface area contributed by atoms with Gasteiger partial charge in [0.25, 0.3) is 5.91 Å². The number of nitrogens with one attached hydrogen (secondary N) is 1. The largest absolute Gasteiger partial charge is 0.456 e. The van der Waals surface area contributed by atoms with Crippen LogP contribution in [0.1, 0.15) is 32.6 Å². The molecule has 0 aliphatic carbocycles. The smallest absolute Gasteiger partial charge is 0.251 e. The number of pyridine rings is 2. The topological polar surface area (TPSA) is 64.1 Å². The third-order valence-corrected chi connectivity index (χ3v) is 5.18. The predicted octanol–water partition coefficient (Wildman–Crippen LogP) is 5.28. The molecule has 0 saturated heterocycles. The third-order valence-electron chi connectivity index (χ3n) is 5.18. The number of hydrogen-bond acceptors (Lipinski definition) is 4. The molecular weight excluding hydrogens is 374 g/mol. The van der Waals surface area contributed by atoms with Crippen LogP contribution in [0.3, 0.4) is 0 Å². The number of benzene rings is 2. The Bertz CT molecular complexity index is 1230. The van der Waals surface area contributed by atoms with E-state index in [1.54, 1.807) is 18.6 Å². The van der Waals surface area contributed by atoms with Crippen molar-refractivity contribution in [2.45, 2.75) is 27.3 Å². The fourth-order valence-electron chi connectivity index (χ4n) is 3.38. The first kappa shape index (κ1) is 19.6. The molecule has 0 atom stereocenters. The molecule has 0 spiro atoms. The molecule has 5 heteroatoms. The standard InChI is InChI=1S/C25H23N3O2/c1-16-7-8-21-22(13-16)27-12-10-24(21)30-23-6-4-5-20(18(23)3)25(29)28-15-19-9-11-26-14-17(19)2/h4-14H,15H2,1-3H3,(H,28,29). The Hall–Kier alpha value is -3.73. The van der Waals surface area contributed by atoms with E-state index in [1.165, 1.54) is 0 Å².